The number of furan rings is 1. The van der Waals surface area contributed by atoms with Gasteiger partial charge in [-0.1, -0.05) is 0 Å². The van der Waals surface area contributed by atoms with Crippen LogP contribution in [0.3, 0.4) is 0 Å². The van der Waals surface area contributed by atoms with Gasteiger partial charge in [-0.3, -0.25) is 4.79 Å². The van der Waals surface area contributed by atoms with E-state index in [0.717, 1.165) is 19.4 Å². The number of hydrogen-bond acceptors (Lipinski definition) is 7. The first-order chi connectivity index (χ1) is 14.5. The number of carbonyl (C=O) groups is 1. The van der Waals surface area contributed by atoms with Crippen molar-refractivity contribution in [1.82, 2.24) is 4.31 Å². The summed E-state index contributed by atoms with van der Waals surface area (Å²) in [6.45, 7) is 2.64. The zero-order valence-corrected chi connectivity index (χ0v) is 17.3. The molecule has 0 unspecified atom stereocenters. The maximum atomic E-state index is 13.0. The van der Waals surface area contributed by atoms with Gasteiger partial charge in [0.1, 0.15) is 0 Å². The van der Waals surface area contributed by atoms with Crippen molar-refractivity contribution in [1.29, 1.82) is 0 Å². The highest BCUT2D eigenvalue weighted by molar-refractivity contribution is 7.89. The fourth-order valence-electron chi connectivity index (χ4n) is 3.50. The first-order valence-electron chi connectivity index (χ1n) is 9.96. The molecule has 1 aromatic carbocycles. The van der Waals surface area contributed by atoms with Gasteiger partial charge in [0.05, 0.1) is 41.9 Å². The number of nitrogens with zero attached hydrogens (tertiary/aromatic N) is 1. The van der Waals surface area contributed by atoms with Crippen LogP contribution in [0, 0.1) is 0 Å². The fraction of sp³-hybridized carbons (Fsp3) is 0.450. The van der Waals surface area contributed by atoms with Crippen LogP contribution in [0.5, 0.6) is 0 Å². The van der Waals surface area contributed by atoms with E-state index in [4.69, 9.17) is 13.9 Å². The van der Waals surface area contributed by atoms with Crippen molar-refractivity contribution in [2.75, 3.05) is 50.1 Å². The molecule has 30 heavy (non-hydrogen) atoms. The highest BCUT2D eigenvalue weighted by Crippen LogP contribution is 2.29. The lowest BCUT2D eigenvalue weighted by atomic mass is 10.2. The Morgan fingerprint density at radius 3 is 2.67 bits per heavy atom. The van der Waals surface area contributed by atoms with Gasteiger partial charge in [0, 0.05) is 26.2 Å². The zero-order valence-electron chi connectivity index (χ0n) is 16.5. The first kappa shape index (κ1) is 20.9. The molecule has 1 atom stereocenters. The molecule has 1 aromatic heterocycles. The molecule has 2 aliphatic rings. The number of rotatable bonds is 7. The van der Waals surface area contributed by atoms with Crippen molar-refractivity contribution in [3.05, 3.63) is 42.4 Å². The van der Waals surface area contributed by atoms with Gasteiger partial charge in [-0.05, 0) is 43.2 Å². The molecule has 2 aliphatic heterocycles. The third-order valence-electron chi connectivity index (χ3n) is 5.14. The lowest BCUT2D eigenvalue weighted by molar-refractivity contribution is 0.0730. The summed E-state index contributed by atoms with van der Waals surface area (Å²) in [7, 11) is -3.70. The van der Waals surface area contributed by atoms with E-state index in [9.17, 15) is 13.2 Å². The molecule has 2 aromatic rings. The SMILES string of the molecule is O=C(Nc1cc(S(=O)(=O)N2CCOCC2)ccc1NC[C@H]1CCCO1)c1ccco1. The van der Waals surface area contributed by atoms with Gasteiger partial charge < -0.3 is 24.5 Å². The molecule has 2 saturated heterocycles. The Bertz CT molecular complexity index is 964. The molecule has 9 nitrogen and oxygen atoms in total. The molecule has 162 valence electrons. The van der Waals surface area contributed by atoms with E-state index in [-0.39, 0.29) is 16.8 Å². The van der Waals surface area contributed by atoms with Crippen molar-refractivity contribution < 1.29 is 27.1 Å². The molecule has 0 radical (unpaired) electrons. The minimum Gasteiger partial charge on any atom is -0.459 e. The standard InChI is InChI=1S/C20H25N3O6S/c24-20(19-4-2-10-29-19)22-18-13-16(30(25,26)23-7-11-27-12-8-23)5-6-17(18)21-14-15-3-1-9-28-15/h2,4-6,10,13,15,21H,1,3,7-9,11-12,14H2,(H,22,24)/t15-/m1/s1. The topological polar surface area (TPSA) is 110 Å². The summed E-state index contributed by atoms with van der Waals surface area (Å²) in [5, 5.41) is 6.03. The second kappa shape index (κ2) is 9.17. The van der Waals surface area contributed by atoms with Gasteiger partial charge in [0.2, 0.25) is 10.0 Å². The molecule has 2 N–H and O–H groups in total. The number of nitrogens with one attached hydrogen (secondary N) is 2. The number of benzene rings is 1. The van der Waals surface area contributed by atoms with Gasteiger partial charge in [-0.25, -0.2) is 8.42 Å². The molecule has 10 heteroatoms. The molecule has 4 rings (SSSR count). The van der Waals surface area contributed by atoms with E-state index in [0.29, 0.717) is 44.2 Å². The average molecular weight is 436 g/mol. The largest absolute Gasteiger partial charge is 0.459 e. The van der Waals surface area contributed by atoms with Crippen LogP contribution in [-0.2, 0) is 19.5 Å². The summed E-state index contributed by atoms with van der Waals surface area (Å²) in [5.41, 5.74) is 0.982. The smallest absolute Gasteiger partial charge is 0.291 e. The highest BCUT2D eigenvalue weighted by atomic mass is 32.2. The molecular weight excluding hydrogens is 410 g/mol. The number of anilines is 2. The average Bonchev–Trinajstić information content (AvgIpc) is 3.47. The maximum Gasteiger partial charge on any atom is 0.291 e. The normalized spacial score (nSPS) is 20.2. The van der Waals surface area contributed by atoms with E-state index in [1.165, 1.54) is 16.6 Å². The Labute approximate surface area is 175 Å². The van der Waals surface area contributed by atoms with Crippen LogP contribution in [0.15, 0.2) is 45.9 Å². The molecular formula is C20H25N3O6S. The summed E-state index contributed by atoms with van der Waals surface area (Å²) in [6, 6.07) is 7.85. The van der Waals surface area contributed by atoms with E-state index < -0.39 is 15.9 Å². The van der Waals surface area contributed by atoms with E-state index >= 15 is 0 Å². The van der Waals surface area contributed by atoms with Gasteiger partial charge in [0.25, 0.3) is 5.91 Å². The van der Waals surface area contributed by atoms with Crippen LogP contribution in [0.4, 0.5) is 11.4 Å². The van der Waals surface area contributed by atoms with Gasteiger partial charge >= 0.3 is 0 Å². The van der Waals surface area contributed by atoms with Crippen LogP contribution in [0.25, 0.3) is 0 Å². The predicted molar refractivity (Wildman–Crippen MR) is 110 cm³/mol. The molecule has 0 spiro atoms. The minimum atomic E-state index is -3.70. The van der Waals surface area contributed by atoms with E-state index in [2.05, 4.69) is 10.6 Å². The summed E-state index contributed by atoms with van der Waals surface area (Å²) in [4.78, 5) is 12.6. The Balaban J connectivity index is 1.59. The second-order valence-electron chi connectivity index (χ2n) is 7.17. The Morgan fingerprint density at radius 1 is 1.13 bits per heavy atom. The zero-order chi connectivity index (χ0) is 21.0. The summed E-state index contributed by atoms with van der Waals surface area (Å²) in [6.07, 6.45) is 3.48. The van der Waals surface area contributed by atoms with Crippen molar-refractivity contribution in [2.24, 2.45) is 0 Å². The molecule has 0 saturated carbocycles. The van der Waals surface area contributed by atoms with E-state index in [1.807, 2.05) is 0 Å². The predicted octanol–water partition coefficient (Wildman–Crippen LogP) is 2.14. The number of sulfonamides is 1. The lowest BCUT2D eigenvalue weighted by Gasteiger charge is -2.26. The van der Waals surface area contributed by atoms with Crippen LogP contribution in [0.2, 0.25) is 0 Å². The molecule has 3 heterocycles. The monoisotopic (exact) mass is 435 g/mol. The number of amides is 1. The third-order valence-corrected chi connectivity index (χ3v) is 7.03. The Morgan fingerprint density at radius 2 is 1.97 bits per heavy atom. The van der Waals surface area contributed by atoms with Crippen molar-refractivity contribution in [2.45, 2.75) is 23.8 Å². The quantitative estimate of drug-likeness (QED) is 0.686. The molecule has 0 aliphatic carbocycles. The van der Waals surface area contributed by atoms with Crippen molar-refractivity contribution in [3.8, 4) is 0 Å². The molecule has 1 amide bonds. The maximum absolute atomic E-state index is 13.0. The molecule has 2 fully saturated rings. The molecule has 0 bridgehead atoms. The Kier molecular flexibility index (Phi) is 6.38. The van der Waals surface area contributed by atoms with Gasteiger partial charge in [0.15, 0.2) is 5.76 Å². The van der Waals surface area contributed by atoms with Crippen molar-refractivity contribution in [3.63, 3.8) is 0 Å². The number of carbonyl (C=O) groups excluding carboxylic acids is 1. The van der Waals surface area contributed by atoms with Crippen molar-refractivity contribution >= 4 is 27.3 Å². The Hall–Kier alpha value is -2.40. The van der Waals surface area contributed by atoms with Crippen LogP contribution < -0.4 is 10.6 Å². The first-order valence-corrected chi connectivity index (χ1v) is 11.4. The number of morpholine rings is 1. The lowest BCUT2D eigenvalue weighted by Crippen LogP contribution is -2.40. The van der Waals surface area contributed by atoms with Gasteiger partial charge in [-0.2, -0.15) is 4.31 Å². The minimum absolute atomic E-state index is 0.0929. The third kappa shape index (κ3) is 4.67. The van der Waals surface area contributed by atoms with Crippen LogP contribution >= 0.6 is 0 Å². The summed E-state index contributed by atoms with van der Waals surface area (Å²) >= 11 is 0. The van der Waals surface area contributed by atoms with Gasteiger partial charge in [-0.15, -0.1) is 0 Å². The highest BCUT2D eigenvalue weighted by Gasteiger charge is 2.27. The summed E-state index contributed by atoms with van der Waals surface area (Å²) in [5.74, 6) is -0.317. The fourth-order valence-corrected chi connectivity index (χ4v) is 4.93. The number of ether oxygens (including phenoxy) is 2. The second-order valence-corrected chi connectivity index (χ2v) is 9.11. The van der Waals surface area contributed by atoms with Crippen LogP contribution in [-0.4, -0.2) is 64.2 Å². The van der Waals surface area contributed by atoms with E-state index in [1.54, 1.807) is 24.3 Å². The van der Waals surface area contributed by atoms with Crippen LogP contribution in [0.1, 0.15) is 23.4 Å². The summed E-state index contributed by atoms with van der Waals surface area (Å²) < 4.78 is 43.5. The number of hydrogen-bond donors (Lipinski definition) is 2.